The summed E-state index contributed by atoms with van der Waals surface area (Å²) in [5.41, 5.74) is -0.398. The van der Waals surface area contributed by atoms with E-state index in [2.05, 4.69) is 42.0 Å². The zero-order valence-electron chi connectivity index (χ0n) is 24.2. The summed E-state index contributed by atoms with van der Waals surface area (Å²) >= 11 is 5.47. The van der Waals surface area contributed by atoms with Gasteiger partial charge in [-0.15, -0.1) is 0 Å². The van der Waals surface area contributed by atoms with Gasteiger partial charge in [-0.2, -0.15) is 23.5 Å². The zero-order chi connectivity index (χ0) is 29.6. The number of hydrogen-bond donors (Lipinski definition) is 4. The smallest absolute Gasteiger partial charge is 0.242 e. The summed E-state index contributed by atoms with van der Waals surface area (Å²) in [4.78, 5) is 60.6. The molecule has 1 aliphatic rings. The van der Waals surface area contributed by atoms with Gasteiger partial charge < -0.3 is 21.3 Å². The van der Waals surface area contributed by atoms with E-state index in [1.807, 2.05) is 44.3 Å². The molecular formula is C27H47IN4O5S2. The highest BCUT2D eigenvalue weighted by Gasteiger charge is 2.31. The van der Waals surface area contributed by atoms with Crippen LogP contribution in [0.4, 0.5) is 0 Å². The number of halogens is 1. The molecule has 3 amide bonds. The van der Waals surface area contributed by atoms with Crippen LogP contribution < -0.4 is 21.3 Å². The molecule has 224 valence electrons. The normalized spacial score (nSPS) is 18.0. The molecule has 1 fully saturated rings. The van der Waals surface area contributed by atoms with Crippen molar-refractivity contribution in [1.29, 1.82) is 0 Å². The van der Waals surface area contributed by atoms with Crippen LogP contribution in [-0.4, -0.2) is 80.5 Å². The van der Waals surface area contributed by atoms with Gasteiger partial charge in [0.15, 0.2) is 0 Å². The van der Waals surface area contributed by atoms with Crippen LogP contribution in [0.15, 0.2) is 0 Å². The van der Waals surface area contributed by atoms with Gasteiger partial charge >= 0.3 is 0 Å². The monoisotopic (exact) mass is 698 g/mol. The maximum Gasteiger partial charge on any atom is 0.242 e. The molecule has 0 radical (unpaired) electrons. The fourth-order valence-corrected chi connectivity index (χ4v) is 6.65. The molecule has 1 aliphatic carbocycles. The van der Waals surface area contributed by atoms with Crippen LogP contribution in [-0.2, 0) is 24.0 Å². The number of thioether (sulfide) groups is 2. The highest BCUT2D eigenvalue weighted by Crippen LogP contribution is 2.39. The third-order valence-corrected chi connectivity index (χ3v) is 9.54. The van der Waals surface area contributed by atoms with E-state index in [4.69, 9.17) is 0 Å². The number of ketones is 1. The lowest BCUT2D eigenvalue weighted by Gasteiger charge is -2.36. The number of carbonyl (C=O) groups excluding carboxylic acids is 5. The Balaban J connectivity index is 2.48. The van der Waals surface area contributed by atoms with Gasteiger partial charge in [-0.25, -0.2) is 0 Å². The fourth-order valence-electron chi connectivity index (χ4n) is 3.63. The predicted octanol–water partition coefficient (Wildman–Crippen LogP) is 3.23. The average Bonchev–Trinajstić information content (AvgIpc) is 2.81. The van der Waals surface area contributed by atoms with Crippen LogP contribution in [0.2, 0.25) is 0 Å². The second kappa shape index (κ2) is 17.8. The summed E-state index contributed by atoms with van der Waals surface area (Å²) in [5.74, 6) is 0.707. The number of nitrogens with one attached hydrogen (secondary N) is 4. The minimum atomic E-state index is -0.852. The SMILES string of the molecule is CC(C)(C)NCCSC1CCC1SCCNC(=O)[C@@H](CCC(=O)C(C)(C)C)NC(=O)CCC(=O)NCC(=O)I. The summed E-state index contributed by atoms with van der Waals surface area (Å²) < 4.78 is -0.205. The maximum atomic E-state index is 12.9. The Morgan fingerprint density at radius 3 is 1.90 bits per heavy atom. The van der Waals surface area contributed by atoms with Crippen LogP contribution >= 0.6 is 46.1 Å². The van der Waals surface area contributed by atoms with Gasteiger partial charge in [-0.3, -0.25) is 24.0 Å². The summed E-state index contributed by atoms with van der Waals surface area (Å²) in [6.07, 6.45) is 2.58. The minimum absolute atomic E-state index is 0.0131. The molecular weight excluding hydrogens is 651 g/mol. The molecule has 0 aliphatic heterocycles. The molecule has 1 saturated carbocycles. The molecule has 12 heteroatoms. The van der Waals surface area contributed by atoms with Gasteiger partial charge in [0.2, 0.25) is 21.5 Å². The molecule has 0 bridgehead atoms. The number of amides is 3. The quantitative estimate of drug-likeness (QED) is 0.0976. The Kier molecular flexibility index (Phi) is 16.5. The lowest BCUT2D eigenvalue weighted by Crippen LogP contribution is -2.48. The Morgan fingerprint density at radius 1 is 0.821 bits per heavy atom. The molecule has 2 unspecified atom stereocenters. The molecule has 0 spiro atoms. The number of hydrogen-bond acceptors (Lipinski definition) is 8. The number of rotatable bonds is 18. The molecule has 39 heavy (non-hydrogen) atoms. The number of Topliss-reactive ketones (excluding diaryl/α,β-unsaturated/α-hetero) is 1. The molecule has 9 nitrogen and oxygen atoms in total. The number of carbonyl (C=O) groups is 5. The van der Waals surface area contributed by atoms with E-state index in [0.29, 0.717) is 17.0 Å². The van der Waals surface area contributed by atoms with Crippen molar-refractivity contribution in [2.45, 2.75) is 102 Å². The van der Waals surface area contributed by atoms with E-state index in [9.17, 15) is 24.0 Å². The van der Waals surface area contributed by atoms with Gasteiger partial charge in [0.1, 0.15) is 11.8 Å². The van der Waals surface area contributed by atoms with Crippen molar-refractivity contribution in [2.24, 2.45) is 5.41 Å². The van der Waals surface area contributed by atoms with E-state index in [1.54, 1.807) is 22.6 Å². The highest BCUT2D eigenvalue weighted by molar-refractivity contribution is 14.1. The van der Waals surface area contributed by atoms with Gasteiger partial charge in [0.05, 0.1) is 6.54 Å². The predicted molar refractivity (Wildman–Crippen MR) is 169 cm³/mol. The average molecular weight is 699 g/mol. The van der Waals surface area contributed by atoms with Crippen LogP contribution in [0.1, 0.15) is 80.1 Å². The summed E-state index contributed by atoms with van der Waals surface area (Å²) in [7, 11) is 0. The van der Waals surface area contributed by atoms with E-state index in [-0.39, 0.29) is 53.2 Å². The Hall–Kier alpha value is -0.860. The Morgan fingerprint density at radius 2 is 1.38 bits per heavy atom. The van der Waals surface area contributed by atoms with Gasteiger partial charge in [-0.1, -0.05) is 20.8 Å². The van der Waals surface area contributed by atoms with Crippen molar-refractivity contribution in [3.05, 3.63) is 0 Å². The van der Waals surface area contributed by atoms with Gasteiger partial charge in [0, 0.05) is 87.9 Å². The molecule has 0 heterocycles. The first-order chi connectivity index (χ1) is 18.1. The first-order valence-corrected chi connectivity index (χ1v) is 16.8. The molecule has 0 aromatic rings. The van der Waals surface area contributed by atoms with Crippen molar-refractivity contribution in [3.8, 4) is 0 Å². The topological polar surface area (TPSA) is 133 Å². The Bertz CT molecular complexity index is 845. The standard InChI is InChI=1S/C27H47IN4O5S2/c1-26(2,3)21(33)10-7-18(32-24(36)12-11-23(35)30-17-22(28)34)25(37)29-13-15-38-19-8-9-20(19)39-16-14-31-27(4,5)6/h18-20,31H,7-17H2,1-6H3,(H,29,37)(H,30,35)(H,32,36)/t18-,19?,20?/m1/s1. The molecule has 3 atom stereocenters. The van der Waals surface area contributed by atoms with E-state index in [0.717, 1.165) is 18.1 Å². The van der Waals surface area contributed by atoms with E-state index in [1.165, 1.54) is 12.8 Å². The van der Waals surface area contributed by atoms with Crippen molar-refractivity contribution in [2.75, 3.05) is 31.1 Å². The first kappa shape index (κ1) is 36.2. The first-order valence-electron chi connectivity index (χ1n) is 13.6. The van der Waals surface area contributed by atoms with Crippen LogP contribution in [0.5, 0.6) is 0 Å². The van der Waals surface area contributed by atoms with Crippen molar-refractivity contribution in [3.63, 3.8) is 0 Å². The van der Waals surface area contributed by atoms with E-state index >= 15 is 0 Å². The lowest BCUT2D eigenvalue weighted by atomic mass is 9.87. The van der Waals surface area contributed by atoms with Crippen molar-refractivity contribution in [1.82, 2.24) is 21.3 Å². The second-order valence-electron chi connectivity index (χ2n) is 11.8. The van der Waals surface area contributed by atoms with Crippen molar-refractivity contribution >= 4 is 73.4 Å². The van der Waals surface area contributed by atoms with Crippen LogP contribution in [0.25, 0.3) is 0 Å². The largest absolute Gasteiger partial charge is 0.353 e. The molecule has 1 rings (SSSR count). The summed E-state index contributed by atoms with van der Waals surface area (Å²) in [5, 5.41) is 12.8. The molecule has 4 N–H and O–H groups in total. The van der Waals surface area contributed by atoms with E-state index < -0.39 is 23.3 Å². The molecule has 0 aromatic heterocycles. The lowest BCUT2D eigenvalue weighted by molar-refractivity contribution is -0.131. The van der Waals surface area contributed by atoms with Crippen LogP contribution in [0.3, 0.4) is 0 Å². The van der Waals surface area contributed by atoms with Crippen molar-refractivity contribution < 1.29 is 24.0 Å². The summed E-state index contributed by atoms with van der Waals surface area (Å²) in [6, 6.07) is -0.852. The van der Waals surface area contributed by atoms with Crippen LogP contribution in [0, 0.1) is 5.41 Å². The van der Waals surface area contributed by atoms with Gasteiger partial charge in [-0.05, 0) is 40.0 Å². The summed E-state index contributed by atoms with van der Waals surface area (Å²) in [6.45, 7) is 13.4. The minimum Gasteiger partial charge on any atom is -0.353 e. The highest BCUT2D eigenvalue weighted by atomic mass is 127. The molecule has 0 aromatic carbocycles. The third-order valence-electron chi connectivity index (χ3n) is 6.12. The second-order valence-corrected chi connectivity index (χ2v) is 15.7. The third kappa shape index (κ3) is 16.9. The molecule has 0 saturated heterocycles. The Labute approximate surface area is 256 Å². The van der Waals surface area contributed by atoms with Gasteiger partial charge in [0.25, 0.3) is 0 Å². The zero-order valence-corrected chi connectivity index (χ0v) is 28.0. The maximum absolute atomic E-state index is 12.9. The fraction of sp³-hybridized carbons (Fsp3) is 0.815.